The fraction of sp³-hybridized carbons (Fsp3) is 0.520. The first-order chi connectivity index (χ1) is 15.0. The fourth-order valence-electron chi connectivity index (χ4n) is 4.25. The van der Waals surface area contributed by atoms with Crippen LogP contribution in [0.3, 0.4) is 0 Å². The van der Waals surface area contributed by atoms with Gasteiger partial charge in [0.2, 0.25) is 0 Å². The Kier molecular flexibility index (Phi) is 8.27. The van der Waals surface area contributed by atoms with E-state index in [1.54, 1.807) is 18.4 Å². The van der Waals surface area contributed by atoms with Gasteiger partial charge in [-0.05, 0) is 54.8 Å². The van der Waals surface area contributed by atoms with Crippen molar-refractivity contribution in [3.8, 4) is 0 Å². The summed E-state index contributed by atoms with van der Waals surface area (Å²) in [7, 11) is 1.67. The second kappa shape index (κ2) is 10.9. The first-order valence-corrected chi connectivity index (χ1v) is 12.2. The molecule has 0 spiro atoms. The van der Waals surface area contributed by atoms with Crippen LogP contribution >= 0.6 is 11.3 Å². The van der Waals surface area contributed by atoms with Crippen LogP contribution in [-0.4, -0.2) is 35.2 Å². The highest BCUT2D eigenvalue weighted by Crippen LogP contribution is 2.28. The number of methoxy groups -OCH3 is 1. The SMILES string of the molecule is CCC(CC)n1c(Cc2cccs2)nc2cc(C(=O)NC(COC)CC(C)C)ccc21. The molecule has 0 bridgehead atoms. The molecule has 0 saturated carbocycles. The van der Waals surface area contributed by atoms with Crippen molar-refractivity contribution in [3.63, 3.8) is 0 Å². The van der Waals surface area contributed by atoms with E-state index in [1.165, 1.54) is 4.88 Å². The molecule has 3 aromatic rings. The summed E-state index contributed by atoms with van der Waals surface area (Å²) in [5.74, 6) is 1.49. The number of ether oxygens (including phenoxy) is 1. The highest BCUT2D eigenvalue weighted by molar-refractivity contribution is 7.09. The molecule has 2 aromatic heterocycles. The maximum absolute atomic E-state index is 12.9. The van der Waals surface area contributed by atoms with Gasteiger partial charge < -0.3 is 14.6 Å². The molecule has 0 aliphatic heterocycles. The normalized spacial score (nSPS) is 12.7. The van der Waals surface area contributed by atoms with Crippen molar-refractivity contribution in [1.82, 2.24) is 14.9 Å². The summed E-state index contributed by atoms with van der Waals surface area (Å²) in [6, 6.07) is 10.6. The molecule has 0 aliphatic carbocycles. The number of nitrogens with zero attached hydrogens (tertiary/aromatic N) is 2. The van der Waals surface area contributed by atoms with E-state index < -0.39 is 0 Å². The minimum Gasteiger partial charge on any atom is -0.383 e. The molecule has 6 heteroatoms. The molecular weight excluding hydrogens is 406 g/mol. The summed E-state index contributed by atoms with van der Waals surface area (Å²) in [6.07, 6.45) is 3.80. The molecule has 0 aliphatic rings. The minimum absolute atomic E-state index is 0.00436. The van der Waals surface area contributed by atoms with Crippen LogP contribution in [0.2, 0.25) is 0 Å². The monoisotopic (exact) mass is 441 g/mol. The molecule has 3 rings (SSSR count). The Morgan fingerprint density at radius 1 is 1.23 bits per heavy atom. The summed E-state index contributed by atoms with van der Waals surface area (Å²) < 4.78 is 7.68. The minimum atomic E-state index is -0.0681. The summed E-state index contributed by atoms with van der Waals surface area (Å²) in [6.45, 7) is 9.27. The number of carbonyl (C=O) groups is 1. The van der Waals surface area contributed by atoms with Gasteiger partial charge in [-0.2, -0.15) is 0 Å². The molecule has 2 heterocycles. The molecule has 0 saturated heterocycles. The number of rotatable bonds is 11. The van der Waals surface area contributed by atoms with Crippen LogP contribution in [-0.2, 0) is 11.2 Å². The molecule has 0 radical (unpaired) electrons. The van der Waals surface area contributed by atoms with E-state index in [-0.39, 0.29) is 11.9 Å². The number of hydrogen-bond donors (Lipinski definition) is 1. The van der Waals surface area contributed by atoms with E-state index in [4.69, 9.17) is 9.72 Å². The molecule has 1 amide bonds. The highest BCUT2D eigenvalue weighted by Gasteiger charge is 2.20. The second-order valence-corrected chi connectivity index (χ2v) is 9.62. The Labute approximate surface area is 189 Å². The molecule has 31 heavy (non-hydrogen) atoms. The quantitative estimate of drug-likeness (QED) is 0.407. The summed E-state index contributed by atoms with van der Waals surface area (Å²) in [5.41, 5.74) is 2.64. The molecule has 5 nitrogen and oxygen atoms in total. The number of carbonyl (C=O) groups excluding carboxylic acids is 1. The largest absolute Gasteiger partial charge is 0.383 e. The van der Waals surface area contributed by atoms with Gasteiger partial charge in [0.05, 0.1) is 23.7 Å². The van der Waals surface area contributed by atoms with E-state index in [2.05, 4.69) is 61.2 Å². The lowest BCUT2D eigenvalue weighted by atomic mass is 10.0. The Balaban J connectivity index is 1.93. The van der Waals surface area contributed by atoms with Crippen LogP contribution in [0.15, 0.2) is 35.7 Å². The van der Waals surface area contributed by atoms with Crippen molar-refractivity contribution in [1.29, 1.82) is 0 Å². The van der Waals surface area contributed by atoms with Crippen LogP contribution < -0.4 is 5.32 Å². The number of imidazole rings is 1. The zero-order valence-electron chi connectivity index (χ0n) is 19.4. The van der Waals surface area contributed by atoms with Crippen LogP contribution in [0.1, 0.15) is 74.1 Å². The van der Waals surface area contributed by atoms with Crippen LogP contribution in [0, 0.1) is 5.92 Å². The van der Waals surface area contributed by atoms with Crippen molar-refractivity contribution < 1.29 is 9.53 Å². The van der Waals surface area contributed by atoms with Gasteiger partial charge in [0, 0.05) is 30.0 Å². The molecular formula is C25H35N3O2S. The smallest absolute Gasteiger partial charge is 0.251 e. The van der Waals surface area contributed by atoms with Gasteiger partial charge in [0.25, 0.3) is 5.91 Å². The van der Waals surface area contributed by atoms with Crippen LogP contribution in [0.25, 0.3) is 11.0 Å². The summed E-state index contributed by atoms with van der Waals surface area (Å²) in [5, 5.41) is 5.24. The number of benzene rings is 1. The summed E-state index contributed by atoms with van der Waals surface area (Å²) >= 11 is 1.76. The third-order valence-electron chi connectivity index (χ3n) is 5.70. The maximum Gasteiger partial charge on any atom is 0.251 e. The van der Waals surface area contributed by atoms with Crippen LogP contribution in [0.5, 0.6) is 0 Å². The van der Waals surface area contributed by atoms with Gasteiger partial charge in [-0.3, -0.25) is 4.79 Å². The van der Waals surface area contributed by atoms with Gasteiger partial charge in [0.1, 0.15) is 5.82 Å². The van der Waals surface area contributed by atoms with Crippen LogP contribution in [0.4, 0.5) is 0 Å². The van der Waals surface area contributed by atoms with Crippen molar-refractivity contribution >= 4 is 28.3 Å². The highest BCUT2D eigenvalue weighted by atomic mass is 32.1. The lowest BCUT2D eigenvalue weighted by Gasteiger charge is -2.20. The Bertz CT molecular complexity index is 974. The number of thiophene rings is 1. The lowest BCUT2D eigenvalue weighted by Crippen LogP contribution is -2.38. The Morgan fingerprint density at radius 2 is 2.00 bits per heavy atom. The first kappa shape index (κ1) is 23.5. The Hall–Kier alpha value is -2.18. The fourth-order valence-corrected chi connectivity index (χ4v) is 4.95. The predicted octanol–water partition coefficient (Wildman–Crippen LogP) is 5.84. The predicted molar refractivity (Wildman–Crippen MR) is 129 cm³/mol. The number of fused-ring (bicyclic) bond motifs is 1. The molecule has 1 N–H and O–H groups in total. The van der Waals surface area contributed by atoms with Gasteiger partial charge in [-0.25, -0.2) is 4.98 Å². The number of hydrogen-bond acceptors (Lipinski definition) is 4. The first-order valence-electron chi connectivity index (χ1n) is 11.3. The van der Waals surface area contributed by atoms with E-state index >= 15 is 0 Å². The standard InChI is InChI=1S/C25H35N3O2S/c1-6-20(7-2)28-23-11-10-18(25(29)26-19(16-30-5)13-17(3)4)14-22(23)27-24(28)15-21-9-8-12-31-21/h8-12,14,17,19-20H,6-7,13,15-16H2,1-5H3,(H,26,29). The van der Waals surface area contributed by atoms with E-state index in [0.717, 1.165) is 42.5 Å². The molecule has 1 aromatic carbocycles. The molecule has 168 valence electrons. The lowest BCUT2D eigenvalue weighted by molar-refractivity contribution is 0.0884. The van der Waals surface area contributed by atoms with Crippen molar-refractivity contribution in [3.05, 3.63) is 52.0 Å². The third kappa shape index (κ3) is 5.74. The zero-order valence-corrected chi connectivity index (χ0v) is 20.2. The molecule has 1 unspecified atom stereocenters. The summed E-state index contributed by atoms with van der Waals surface area (Å²) in [4.78, 5) is 19.2. The van der Waals surface area contributed by atoms with E-state index in [1.807, 2.05) is 12.1 Å². The number of nitrogens with one attached hydrogen (secondary N) is 1. The third-order valence-corrected chi connectivity index (χ3v) is 6.58. The zero-order chi connectivity index (χ0) is 22.4. The maximum atomic E-state index is 12.9. The van der Waals surface area contributed by atoms with Crippen molar-refractivity contribution in [2.24, 2.45) is 5.92 Å². The second-order valence-electron chi connectivity index (χ2n) is 8.58. The van der Waals surface area contributed by atoms with Gasteiger partial charge in [-0.1, -0.05) is 33.8 Å². The van der Waals surface area contributed by atoms with Gasteiger partial charge in [-0.15, -0.1) is 11.3 Å². The Morgan fingerprint density at radius 3 is 2.61 bits per heavy atom. The van der Waals surface area contributed by atoms with Crippen molar-refractivity contribution in [2.75, 3.05) is 13.7 Å². The van der Waals surface area contributed by atoms with E-state index in [0.29, 0.717) is 24.1 Å². The van der Waals surface area contributed by atoms with Gasteiger partial charge in [0.15, 0.2) is 0 Å². The topological polar surface area (TPSA) is 56.2 Å². The van der Waals surface area contributed by atoms with Crippen molar-refractivity contribution in [2.45, 2.75) is 65.5 Å². The average molecular weight is 442 g/mol. The average Bonchev–Trinajstić information content (AvgIpc) is 3.36. The number of amides is 1. The molecule has 1 atom stereocenters. The van der Waals surface area contributed by atoms with E-state index in [9.17, 15) is 4.79 Å². The number of aromatic nitrogens is 2. The molecule has 0 fully saturated rings. The van der Waals surface area contributed by atoms with Gasteiger partial charge >= 0.3 is 0 Å².